The van der Waals surface area contributed by atoms with Crippen molar-refractivity contribution in [1.29, 1.82) is 0 Å². The number of benzene rings is 1. The first kappa shape index (κ1) is 23.6. The third-order valence-corrected chi connectivity index (χ3v) is 4.82. The van der Waals surface area contributed by atoms with Gasteiger partial charge >= 0.3 is 23.8 Å². The van der Waals surface area contributed by atoms with Gasteiger partial charge in [0.25, 0.3) is 0 Å². The molecule has 0 saturated heterocycles. The maximum absolute atomic E-state index is 13.7. The molecule has 0 aliphatic heterocycles. The summed E-state index contributed by atoms with van der Waals surface area (Å²) in [6, 6.07) is 9.13. The molecule has 0 radical (unpaired) electrons. The van der Waals surface area contributed by atoms with E-state index >= 15 is 0 Å². The molecular weight excluding hydrogens is 431 g/mol. The molecule has 0 spiro atoms. The molecule has 0 aliphatic carbocycles. The highest BCUT2D eigenvalue weighted by molar-refractivity contribution is 5.90. The van der Waals surface area contributed by atoms with Crippen LogP contribution < -0.4 is 15.5 Å². The Balaban J connectivity index is 1.52. The molecule has 0 saturated carbocycles. The van der Waals surface area contributed by atoms with Crippen molar-refractivity contribution < 1.29 is 23.1 Å². The molecule has 3 aromatic rings. The zero-order valence-electron chi connectivity index (χ0n) is 18.5. The summed E-state index contributed by atoms with van der Waals surface area (Å²) in [5.74, 6) is -0.968. The summed E-state index contributed by atoms with van der Waals surface area (Å²) in [4.78, 5) is 30.3. The fraction of sp³-hybridized carbons (Fsp3) is 0.318. The van der Waals surface area contributed by atoms with Crippen LogP contribution in [0.2, 0.25) is 0 Å². The molecule has 0 fully saturated rings. The van der Waals surface area contributed by atoms with Gasteiger partial charge in [-0.05, 0) is 44.5 Å². The number of anilines is 3. The second-order valence-corrected chi connectivity index (χ2v) is 7.16. The highest BCUT2D eigenvalue weighted by atomic mass is 19.1. The van der Waals surface area contributed by atoms with Crippen LogP contribution in [0.1, 0.15) is 41.3 Å². The summed E-state index contributed by atoms with van der Waals surface area (Å²) < 4.78 is 23.7. The van der Waals surface area contributed by atoms with Gasteiger partial charge in [0.1, 0.15) is 11.6 Å². The Labute approximate surface area is 190 Å². The Kier molecular flexibility index (Phi) is 7.90. The molecule has 0 bridgehead atoms. The number of hydrogen-bond donors (Lipinski definition) is 2. The number of hydrogen-bond acceptors (Lipinski definition) is 9. The largest absolute Gasteiger partial charge is 0.465 e. The molecule has 2 N–H and O–H groups in total. The van der Waals surface area contributed by atoms with Gasteiger partial charge in [-0.25, -0.2) is 14.2 Å². The number of methoxy groups -OCH3 is 1. The van der Waals surface area contributed by atoms with Gasteiger partial charge in [-0.15, -0.1) is 5.10 Å². The number of nitrogens with one attached hydrogen (secondary N) is 2. The highest BCUT2D eigenvalue weighted by Crippen LogP contribution is 2.18. The van der Waals surface area contributed by atoms with E-state index in [1.165, 1.54) is 25.4 Å². The van der Waals surface area contributed by atoms with E-state index in [1.807, 2.05) is 18.7 Å². The van der Waals surface area contributed by atoms with Gasteiger partial charge in [-0.2, -0.15) is 0 Å². The molecule has 1 aromatic carbocycles. The second-order valence-electron chi connectivity index (χ2n) is 7.16. The van der Waals surface area contributed by atoms with Crippen molar-refractivity contribution in [2.24, 2.45) is 0 Å². The summed E-state index contributed by atoms with van der Waals surface area (Å²) in [7, 11) is 1.32. The first-order valence-electron chi connectivity index (χ1n) is 10.4. The third kappa shape index (κ3) is 6.25. The van der Waals surface area contributed by atoms with Gasteiger partial charge in [-0.1, -0.05) is 17.2 Å². The van der Waals surface area contributed by atoms with Crippen molar-refractivity contribution in [3.8, 4) is 0 Å². The minimum atomic E-state index is -0.528. The lowest BCUT2D eigenvalue weighted by Gasteiger charge is -2.24. The molecule has 1 amide bonds. The van der Waals surface area contributed by atoms with Crippen LogP contribution in [-0.2, 0) is 4.74 Å². The molecular formula is C22H25FN6O4. The van der Waals surface area contributed by atoms with Crippen molar-refractivity contribution in [3.63, 3.8) is 0 Å². The normalized spacial score (nSPS) is 11.5. The zero-order chi connectivity index (χ0) is 23.8. The standard InChI is InChI=1S/C22H25FN6O4/c1-4-29(18-10-9-15(13-24-18)21(31)32-3)12-11-14(2)25-19(30)20-27-28-22(33-20)26-17-8-6-5-7-16(17)23/h5-10,13-14H,4,11-12H2,1-3H3,(H,25,30)(H,26,28). The SMILES string of the molecule is CCN(CCC(C)NC(=O)c1nnc(Nc2ccccc2F)o1)c1ccc(C(=O)OC)cn1. The summed E-state index contributed by atoms with van der Waals surface area (Å²) >= 11 is 0. The Morgan fingerprint density at radius 1 is 1.21 bits per heavy atom. The Hall–Kier alpha value is -4.02. The highest BCUT2D eigenvalue weighted by Gasteiger charge is 2.18. The molecule has 174 valence electrons. The molecule has 2 heterocycles. The minimum absolute atomic E-state index is 0.0865. The van der Waals surface area contributed by atoms with E-state index in [0.717, 1.165) is 0 Å². The van der Waals surface area contributed by atoms with Crippen LogP contribution in [0.3, 0.4) is 0 Å². The summed E-state index contributed by atoms with van der Waals surface area (Å²) in [5.41, 5.74) is 0.538. The number of aromatic nitrogens is 3. The number of rotatable bonds is 10. The maximum Gasteiger partial charge on any atom is 0.339 e. The zero-order valence-corrected chi connectivity index (χ0v) is 18.5. The first-order chi connectivity index (χ1) is 15.9. The van der Waals surface area contributed by atoms with Crippen LogP contribution in [0.4, 0.5) is 21.9 Å². The van der Waals surface area contributed by atoms with Crippen LogP contribution in [0, 0.1) is 5.82 Å². The minimum Gasteiger partial charge on any atom is -0.465 e. The summed E-state index contributed by atoms with van der Waals surface area (Å²) in [6.45, 7) is 5.16. The van der Waals surface area contributed by atoms with Gasteiger partial charge in [0.05, 0.1) is 18.4 Å². The number of pyridine rings is 1. The lowest BCUT2D eigenvalue weighted by molar-refractivity contribution is 0.0600. The predicted octanol–water partition coefficient (Wildman–Crippen LogP) is 3.17. The molecule has 1 unspecified atom stereocenters. The van der Waals surface area contributed by atoms with E-state index in [2.05, 4.69) is 30.6 Å². The number of nitrogens with zero attached hydrogens (tertiary/aromatic N) is 4. The van der Waals surface area contributed by atoms with Crippen LogP contribution in [0.5, 0.6) is 0 Å². The number of carbonyl (C=O) groups excluding carboxylic acids is 2. The van der Waals surface area contributed by atoms with Crippen molar-refractivity contribution in [3.05, 3.63) is 59.9 Å². The molecule has 33 heavy (non-hydrogen) atoms. The summed E-state index contributed by atoms with van der Waals surface area (Å²) in [5, 5.41) is 12.9. The van der Waals surface area contributed by atoms with E-state index in [-0.39, 0.29) is 23.6 Å². The molecule has 1 atom stereocenters. The van der Waals surface area contributed by atoms with Crippen molar-refractivity contribution >= 4 is 29.4 Å². The van der Waals surface area contributed by atoms with E-state index < -0.39 is 17.7 Å². The first-order valence-corrected chi connectivity index (χ1v) is 10.4. The van der Waals surface area contributed by atoms with Crippen molar-refractivity contribution in [2.75, 3.05) is 30.4 Å². The number of para-hydroxylation sites is 1. The predicted molar refractivity (Wildman–Crippen MR) is 119 cm³/mol. The smallest absolute Gasteiger partial charge is 0.339 e. The topological polar surface area (TPSA) is 122 Å². The Morgan fingerprint density at radius 3 is 2.67 bits per heavy atom. The van der Waals surface area contributed by atoms with Gasteiger partial charge < -0.3 is 24.7 Å². The number of ether oxygens (including phenoxy) is 1. The molecule has 2 aromatic heterocycles. The number of esters is 1. The molecule has 10 nitrogen and oxygen atoms in total. The van der Waals surface area contributed by atoms with Crippen LogP contribution >= 0.6 is 0 Å². The third-order valence-electron chi connectivity index (χ3n) is 4.82. The van der Waals surface area contributed by atoms with Gasteiger partial charge in [0.2, 0.25) is 0 Å². The van der Waals surface area contributed by atoms with Crippen LogP contribution in [0.15, 0.2) is 47.0 Å². The fourth-order valence-corrected chi connectivity index (χ4v) is 3.00. The van der Waals surface area contributed by atoms with E-state index in [4.69, 9.17) is 4.42 Å². The van der Waals surface area contributed by atoms with Crippen molar-refractivity contribution in [2.45, 2.75) is 26.3 Å². The lowest BCUT2D eigenvalue weighted by atomic mass is 10.2. The summed E-state index contributed by atoms with van der Waals surface area (Å²) in [6.07, 6.45) is 2.09. The molecule has 3 rings (SSSR count). The van der Waals surface area contributed by atoms with Crippen LogP contribution in [0.25, 0.3) is 0 Å². The van der Waals surface area contributed by atoms with E-state index in [9.17, 15) is 14.0 Å². The van der Waals surface area contributed by atoms with Crippen molar-refractivity contribution in [1.82, 2.24) is 20.5 Å². The van der Waals surface area contributed by atoms with Gasteiger partial charge in [-0.3, -0.25) is 4.79 Å². The fourth-order valence-electron chi connectivity index (χ4n) is 3.00. The number of halogens is 1. The second kappa shape index (κ2) is 11.0. The van der Waals surface area contributed by atoms with Gasteiger partial charge in [0.15, 0.2) is 0 Å². The quantitative estimate of drug-likeness (QED) is 0.443. The van der Waals surface area contributed by atoms with E-state index in [1.54, 1.807) is 24.3 Å². The number of carbonyl (C=O) groups is 2. The molecule has 11 heteroatoms. The maximum atomic E-state index is 13.7. The monoisotopic (exact) mass is 456 g/mol. The van der Waals surface area contributed by atoms with Gasteiger partial charge in [0, 0.05) is 25.3 Å². The molecule has 0 aliphatic rings. The Bertz CT molecular complexity index is 1090. The number of amides is 1. The average molecular weight is 456 g/mol. The van der Waals surface area contributed by atoms with Crippen LogP contribution in [-0.4, -0.2) is 53.3 Å². The Morgan fingerprint density at radius 2 is 2.00 bits per heavy atom. The lowest BCUT2D eigenvalue weighted by Crippen LogP contribution is -2.36. The van der Waals surface area contributed by atoms with E-state index in [0.29, 0.717) is 30.9 Å². The average Bonchev–Trinajstić information content (AvgIpc) is 3.29.